The lowest BCUT2D eigenvalue weighted by atomic mass is 9.91. The molecule has 1 aromatic heterocycles. The Morgan fingerprint density at radius 2 is 2.09 bits per heavy atom. The Bertz CT molecular complexity index is 754. The van der Waals surface area contributed by atoms with Gasteiger partial charge in [-0.15, -0.1) is 0 Å². The Kier molecular flexibility index (Phi) is 3.72. The molecule has 0 fully saturated rings. The van der Waals surface area contributed by atoms with Gasteiger partial charge in [-0.3, -0.25) is 4.98 Å². The van der Waals surface area contributed by atoms with Gasteiger partial charge in [-0.2, -0.15) is 5.26 Å². The van der Waals surface area contributed by atoms with Crippen LogP contribution in [0.5, 0.6) is 0 Å². The molecule has 0 amide bonds. The molecule has 0 N–H and O–H groups in total. The van der Waals surface area contributed by atoms with E-state index in [1.807, 2.05) is 17.9 Å². The number of nitrogens with zero attached hydrogens (tertiary/aromatic N) is 4. The van der Waals surface area contributed by atoms with Gasteiger partial charge < -0.3 is 4.90 Å². The van der Waals surface area contributed by atoms with E-state index < -0.39 is 11.6 Å². The van der Waals surface area contributed by atoms with E-state index in [0.717, 1.165) is 17.5 Å². The second-order valence-corrected chi connectivity index (χ2v) is 5.21. The zero-order valence-electron chi connectivity index (χ0n) is 12.1. The number of rotatable bonds is 2. The van der Waals surface area contributed by atoms with Crippen molar-refractivity contribution >= 4 is 5.82 Å². The Morgan fingerprint density at radius 1 is 1.32 bits per heavy atom. The quantitative estimate of drug-likeness (QED) is 0.855. The number of halogens is 2. The maximum atomic E-state index is 13.6. The topological polar surface area (TPSA) is 52.8 Å². The summed E-state index contributed by atoms with van der Waals surface area (Å²) in [5, 5.41) is 8.95. The van der Waals surface area contributed by atoms with Gasteiger partial charge >= 0.3 is 0 Å². The van der Waals surface area contributed by atoms with Gasteiger partial charge in [-0.05, 0) is 36.1 Å². The minimum atomic E-state index is -0.837. The maximum Gasteiger partial charge on any atom is 0.161 e. The van der Waals surface area contributed by atoms with Gasteiger partial charge in [-0.1, -0.05) is 6.92 Å². The molecule has 0 saturated carbocycles. The van der Waals surface area contributed by atoms with E-state index in [2.05, 4.69) is 9.97 Å². The third-order valence-corrected chi connectivity index (χ3v) is 3.96. The van der Waals surface area contributed by atoms with Crippen molar-refractivity contribution in [3.63, 3.8) is 0 Å². The minimum Gasteiger partial charge on any atom is -0.348 e. The predicted molar refractivity (Wildman–Crippen MR) is 77.2 cm³/mol. The highest BCUT2D eigenvalue weighted by molar-refractivity contribution is 5.47. The Morgan fingerprint density at radius 3 is 2.82 bits per heavy atom. The van der Waals surface area contributed by atoms with Gasteiger partial charge in [0.25, 0.3) is 0 Å². The van der Waals surface area contributed by atoms with Gasteiger partial charge in [-0.25, -0.2) is 13.8 Å². The zero-order chi connectivity index (χ0) is 15.7. The van der Waals surface area contributed by atoms with Crippen molar-refractivity contribution in [1.29, 1.82) is 5.26 Å². The number of benzene rings is 1. The Labute approximate surface area is 127 Å². The standard InChI is InChI=1S/C16H14F2N4/c1-2-15-12-6-14(18)13(17)5-10(12)3-4-22(15)16-9-20-8-11(7-19)21-16/h5-6,8-9,15H,2-4H2,1H3/t15-/m0/s1. The molecule has 0 spiro atoms. The van der Waals surface area contributed by atoms with Crippen LogP contribution in [-0.4, -0.2) is 16.5 Å². The highest BCUT2D eigenvalue weighted by Gasteiger charge is 2.28. The van der Waals surface area contributed by atoms with Gasteiger partial charge in [0.1, 0.15) is 11.9 Å². The summed E-state index contributed by atoms with van der Waals surface area (Å²) in [6.07, 6.45) is 4.31. The van der Waals surface area contributed by atoms with Crippen molar-refractivity contribution in [1.82, 2.24) is 9.97 Å². The molecule has 112 valence electrons. The molecule has 1 aliphatic rings. The largest absolute Gasteiger partial charge is 0.348 e. The molecule has 1 atom stereocenters. The van der Waals surface area contributed by atoms with Crippen LogP contribution >= 0.6 is 0 Å². The van der Waals surface area contributed by atoms with Crippen molar-refractivity contribution in [3.05, 3.63) is 53.0 Å². The maximum absolute atomic E-state index is 13.6. The molecule has 0 saturated heterocycles. The third kappa shape index (κ3) is 2.39. The van der Waals surface area contributed by atoms with Gasteiger partial charge in [0.05, 0.1) is 18.4 Å². The smallest absolute Gasteiger partial charge is 0.161 e. The highest BCUT2D eigenvalue weighted by atomic mass is 19.2. The van der Waals surface area contributed by atoms with Gasteiger partial charge in [0, 0.05) is 6.54 Å². The first-order valence-corrected chi connectivity index (χ1v) is 7.10. The number of anilines is 1. The van der Waals surface area contributed by atoms with E-state index in [4.69, 9.17) is 5.26 Å². The minimum absolute atomic E-state index is 0.109. The number of fused-ring (bicyclic) bond motifs is 1. The fourth-order valence-corrected chi connectivity index (χ4v) is 2.96. The summed E-state index contributed by atoms with van der Waals surface area (Å²) in [6.45, 7) is 2.61. The summed E-state index contributed by atoms with van der Waals surface area (Å²) in [7, 11) is 0. The lowest BCUT2D eigenvalue weighted by molar-refractivity contribution is 0.492. The van der Waals surface area contributed by atoms with E-state index in [1.165, 1.54) is 18.3 Å². The first-order valence-electron chi connectivity index (χ1n) is 7.10. The third-order valence-electron chi connectivity index (χ3n) is 3.96. The van der Waals surface area contributed by atoms with E-state index in [1.54, 1.807) is 6.20 Å². The predicted octanol–water partition coefficient (Wildman–Crippen LogP) is 3.14. The van der Waals surface area contributed by atoms with Gasteiger partial charge in [0.15, 0.2) is 17.3 Å². The van der Waals surface area contributed by atoms with Crippen molar-refractivity contribution in [2.45, 2.75) is 25.8 Å². The van der Waals surface area contributed by atoms with Crippen LogP contribution in [0.4, 0.5) is 14.6 Å². The molecule has 2 aromatic rings. The molecule has 0 radical (unpaired) electrons. The van der Waals surface area contributed by atoms with Crippen molar-refractivity contribution in [2.75, 3.05) is 11.4 Å². The number of aromatic nitrogens is 2. The summed E-state index contributed by atoms with van der Waals surface area (Å²) in [4.78, 5) is 10.3. The van der Waals surface area contributed by atoms with Crippen LogP contribution in [0, 0.1) is 23.0 Å². The fourth-order valence-electron chi connectivity index (χ4n) is 2.96. The van der Waals surface area contributed by atoms with Crippen molar-refractivity contribution < 1.29 is 8.78 Å². The van der Waals surface area contributed by atoms with E-state index in [-0.39, 0.29) is 11.7 Å². The van der Waals surface area contributed by atoms with Crippen molar-refractivity contribution in [2.24, 2.45) is 0 Å². The van der Waals surface area contributed by atoms with Crippen LogP contribution in [0.25, 0.3) is 0 Å². The summed E-state index contributed by atoms with van der Waals surface area (Å²) in [5.41, 5.74) is 1.84. The molecule has 2 heterocycles. The molecule has 3 rings (SSSR count). The molecule has 22 heavy (non-hydrogen) atoms. The van der Waals surface area contributed by atoms with Crippen LogP contribution in [-0.2, 0) is 6.42 Å². The van der Waals surface area contributed by atoms with E-state index in [0.29, 0.717) is 18.8 Å². The molecule has 6 heteroatoms. The number of nitriles is 1. The lowest BCUT2D eigenvalue weighted by Gasteiger charge is -2.37. The van der Waals surface area contributed by atoms with Crippen LogP contribution in [0.2, 0.25) is 0 Å². The first kappa shape index (κ1) is 14.4. The Balaban J connectivity index is 2.04. The monoisotopic (exact) mass is 300 g/mol. The second kappa shape index (κ2) is 5.68. The van der Waals surface area contributed by atoms with Gasteiger partial charge in [0.2, 0.25) is 0 Å². The fraction of sp³-hybridized carbons (Fsp3) is 0.312. The van der Waals surface area contributed by atoms with E-state index >= 15 is 0 Å². The summed E-state index contributed by atoms with van der Waals surface area (Å²) in [5.74, 6) is -1.06. The molecule has 0 bridgehead atoms. The second-order valence-electron chi connectivity index (χ2n) is 5.21. The van der Waals surface area contributed by atoms with E-state index in [9.17, 15) is 8.78 Å². The van der Waals surface area contributed by atoms with Crippen LogP contribution in [0.1, 0.15) is 36.2 Å². The van der Waals surface area contributed by atoms with Crippen LogP contribution < -0.4 is 4.90 Å². The average Bonchev–Trinajstić information content (AvgIpc) is 2.55. The highest BCUT2D eigenvalue weighted by Crippen LogP contribution is 2.35. The zero-order valence-corrected chi connectivity index (χ0v) is 12.1. The Hall–Kier alpha value is -2.55. The lowest BCUT2D eigenvalue weighted by Crippen LogP contribution is -2.36. The number of hydrogen-bond acceptors (Lipinski definition) is 4. The summed E-state index contributed by atoms with van der Waals surface area (Å²) < 4.78 is 27.0. The summed E-state index contributed by atoms with van der Waals surface area (Å²) in [6, 6.07) is 4.41. The normalized spacial score (nSPS) is 17.0. The number of hydrogen-bond donors (Lipinski definition) is 0. The van der Waals surface area contributed by atoms with Crippen LogP contribution in [0.3, 0.4) is 0 Å². The first-order chi connectivity index (χ1) is 10.6. The molecule has 1 aromatic carbocycles. The summed E-state index contributed by atoms with van der Waals surface area (Å²) >= 11 is 0. The molecule has 1 aliphatic heterocycles. The van der Waals surface area contributed by atoms with Crippen molar-refractivity contribution in [3.8, 4) is 6.07 Å². The molecule has 4 nitrogen and oxygen atoms in total. The average molecular weight is 300 g/mol. The van der Waals surface area contributed by atoms with Crippen LogP contribution in [0.15, 0.2) is 24.5 Å². The SMILES string of the molecule is CC[C@H]1c2cc(F)c(F)cc2CCN1c1cncc(C#N)n1. The molecule has 0 unspecified atom stereocenters. The molecule has 0 aliphatic carbocycles. The molecular weight excluding hydrogens is 286 g/mol. The molecular formula is C16H14F2N4.